The first-order valence-electron chi connectivity index (χ1n) is 7.85. The standard InChI is InChI=1S/C16H27ClN4/c1-4-18-10-14-9-16(19-11-15(14)17)21(3)12-13-5-7-20(2)8-6-13/h9,11,13,18H,4-8,10,12H2,1-3H3. The molecule has 1 N–H and O–H groups in total. The fraction of sp³-hybridized carbons (Fsp3) is 0.688. The van der Waals surface area contributed by atoms with E-state index in [2.05, 4.69) is 47.2 Å². The zero-order chi connectivity index (χ0) is 15.2. The van der Waals surface area contributed by atoms with Gasteiger partial charge in [-0.3, -0.25) is 0 Å². The van der Waals surface area contributed by atoms with Crippen LogP contribution in [0.5, 0.6) is 0 Å². The lowest BCUT2D eigenvalue weighted by atomic mass is 9.97. The average Bonchev–Trinajstić information content (AvgIpc) is 2.48. The monoisotopic (exact) mass is 310 g/mol. The summed E-state index contributed by atoms with van der Waals surface area (Å²) in [5, 5.41) is 4.06. The van der Waals surface area contributed by atoms with Crippen molar-refractivity contribution in [2.75, 3.05) is 45.2 Å². The van der Waals surface area contributed by atoms with Crippen LogP contribution in [0.3, 0.4) is 0 Å². The molecule has 5 heteroatoms. The van der Waals surface area contributed by atoms with Crippen LogP contribution in [0.15, 0.2) is 12.3 Å². The number of nitrogens with zero attached hydrogens (tertiary/aromatic N) is 3. The molecule has 1 aliphatic rings. The Morgan fingerprint density at radius 2 is 2.14 bits per heavy atom. The maximum absolute atomic E-state index is 6.22. The van der Waals surface area contributed by atoms with Crippen LogP contribution in [0.4, 0.5) is 5.82 Å². The van der Waals surface area contributed by atoms with Gasteiger partial charge < -0.3 is 15.1 Å². The molecule has 0 saturated carbocycles. The van der Waals surface area contributed by atoms with Crippen LogP contribution in [-0.2, 0) is 6.54 Å². The predicted molar refractivity (Wildman–Crippen MR) is 90.1 cm³/mol. The van der Waals surface area contributed by atoms with Crippen molar-refractivity contribution in [1.29, 1.82) is 0 Å². The lowest BCUT2D eigenvalue weighted by molar-refractivity contribution is 0.222. The summed E-state index contributed by atoms with van der Waals surface area (Å²) in [5.41, 5.74) is 1.12. The maximum atomic E-state index is 6.22. The highest BCUT2D eigenvalue weighted by Gasteiger charge is 2.19. The zero-order valence-corrected chi connectivity index (χ0v) is 14.2. The van der Waals surface area contributed by atoms with E-state index in [1.54, 1.807) is 6.20 Å². The minimum absolute atomic E-state index is 0.743. The van der Waals surface area contributed by atoms with Gasteiger partial charge in [-0.1, -0.05) is 18.5 Å². The molecule has 0 radical (unpaired) electrons. The van der Waals surface area contributed by atoms with Crippen molar-refractivity contribution >= 4 is 17.4 Å². The summed E-state index contributed by atoms with van der Waals surface area (Å²) < 4.78 is 0. The molecular formula is C16H27ClN4. The van der Waals surface area contributed by atoms with Gasteiger partial charge in [0.1, 0.15) is 5.82 Å². The number of halogens is 1. The van der Waals surface area contributed by atoms with Crippen LogP contribution in [0.1, 0.15) is 25.3 Å². The van der Waals surface area contributed by atoms with Crippen LogP contribution in [0.2, 0.25) is 5.02 Å². The topological polar surface area (TPSA) is 31.4 Å². The lowest BCUT2D eigenvalue weighted by Gasteiger charge is -2.32. The number of likely N-dealkylation sites (tertiary alicyclic amines) is 1. The van der Waals surface area contributed by atoms with E-state index < -0.39 is 0 Å². The van der Waals surface area contributed by atoms with Gasteiger partial charge in [-0.15, -0.1) is 0 Å². The van der Waals surface area contributed by atoms with Gasteiger partial charge in [0.2, 0.25) is 0 Å². The van der Waals surface area contributed by atoms with Crippen molar-refractivity contribution in [3.63, 3.8) is 0 Å². The SMILES string of the molecule is CCNCc1cc(N(C)CC2CCN(C)CC2)ncc1Cl. The molecule has 1 saturated heterocycles. The number of rotatable bonds is 6. The Morgan fingerprint density at radius 1 is 1.43 bits per heavy atom. The largest absolute Gasteiger partial charge is 0.359 e. The number of pyridine rings is 1. The van der Waals surface area contributed by atoms with E-state index in [1.165, 1.54) is 25.9 Å². The number of hydrogen-bond donors (Lipinski definition) is 1. The van der Waals surface area contributed by atoms with Gasteiger partial charge in [-0.05, 0) is 57.1 Å². The highest BCUT2D eigenvalue weighted by Crippen LogP contribution is 2.23. The molecule has 1 fully saturated rings. The molecule has 0 unspecified atom stereocenters. The molecule has 21 heavy (non-hydrogen) atoms. The van der Waals surface area contributed by atoms with E-state index in [0.29, 0.717) is 0 Å². The van der Waals surface area contributed by atoms with Gasteiger partial charge in [0.15, 0.2) is 0 Å². The molecule has 0 atom stereocenters. The summed E-state index contributed by atoms with van der Waals surface area (Å²) in [6.07, 6.45) is 4.33. The van der Waals surface area contributed by atoms with Gasteiger partial charge >= 0.3 is 0 Å². The highest BCUT2D eigenvalue weighted by atomic mass is 35.5. The summed E-state index contributed by atoms with van der Waals surface area (Å²) >= 11 is 6.22. The lowest BCUT2D eigenvalue weighted by Crippen LogP contribution is -2.36. The van der Waals surface area contributed by atoms with Gasteiger partial charge in [0, 0.05) is 26.3 Å². The Labute approximate surface area is 133 Å². The molecule has 2 heterocycles. The van der Waals surface area contributed by atoms with E-state index in [4.69, 9.17) is 11.6 Å². The fourth-order valence-corrected chi connectivity index (χ4v) is 2.97. The van der Waals surface area contributed by atoms with Crippen molar-refractivity contribution < 1.29 is 0 Å². The summed E-state index contributed by atoms with van der Waals surface area (Å²) in [6, 6.07) is 2.11. The number of hydrogen-bond acceptors (Lipinski definition) is 4. The summed E-state index contributed by atoms with van der Waals surface area (Å²) in [7, 11) is 4.33. The molecule has 1 aromatic rings. The van der Waals surface area contributed by atoms with Crippen molar-refractivity contribution in [1.82, 2.24) is 15.2 Å². The summed E-state index contributed by atoms with van der Waals surface area (Å²) in [6.45, 7) is 7.33. The quantitative estimate of drug-likeness (QED) is 0.875. The number of nitrogens with one attached hydrogen (secondary N) is 1. The minimum atomic E-state index is 0.743. The molecule has 1 aromatic heterocycles. The molecule has 118 valence electrons. The second-order valence-corrected chi connectivity index (χ2v) is 6.45. The van der Waals surface area contributed by atoms with Crippen LogP contribution in [0.25, 0.3) is 0 Å². The Bertz CT molecular complexity index is 444. The first-order chi connectivity index (χ1) is 10.1. The molecule has 0 amide bonds. The van der Waals surface area contributed by atoms with Gasteiger partial charge in [0.05, 0.1) is 5.02 Å². The molecule has 2 rings (SSSR count). The Kier molecular flexibility index (Phi) is 6.27. The third-order valence-electron chi connectivity index (χ3n) is 4.25. The molecule has 0 aromatic carbocycles. The second-order valence-electron chi connectivity index (χ2n) is 6.04. The Hall–Kier alpha value is -0.840. The van der Waals surface area contributed by atoms with E-state index in [0.717, 1.165) is 42.0 Å². The van der Waals surface area contributed by atoms with Gasteiger partial charge in [-0.2, -0.15) is 0 Å². The predicted octanol–water partition coefficient (Wildman–Crippen LogP) is 2.62. The summed E-state index contributed by atoms with van der Waals surface area (Å²) in [4.78, 5) is 9.16. The Morgan fingerprint density at radius 3 is 2.81 bits per heavy atom. The molecular weight excluding hydrogens is 284 g/mol. The molecule has 0 aliphatic carbocycles. The van der Waals surface area contributed by atoms with Gasteiger partial charge in [-0.25, -0.2) is 4.98 Å². The number of aromatic nitrogens is 1. The maximum Gasteiger partial charge on any atom is 0.128 e. The van der Waals surface area contributed by atoms with Crippen molar-refractivity contribution in [3.05, 3.63) is 22.8 Å². The van der Waals surface area contributed by atoms with Crippen molar-refractivity contribution in [2.45, 2.75) is 26.3 Å². The third-order valence-corrected chi connectivity index (χ3v) is 4.59. The van der Waals surface area contributed by atoms with Crippen LogP contribution < -0.4 is 10.2 Å². The van der Waals surface area contributed by atoms with E-state index in [9.17, 15) is 0 Å². The van der Waals surface area contributed by atoms with E-state index >= 15 is 0 Å². The van der Waals surface area contributed by atoms with Crippen molar-refractivity contribution in [2.24, 2.45) is 5.92 Å². The van der Waals surface area contributed by atoms with Crippen LogP contribution >= 0.6 is 11.6 Å². The molecule has 1 aliphatic heterocycles. The van der Waals surface area contributed by atoms with Crippen LogP contribution in [0, 0.1) is 5.92 Å². The fourth-order valence-electron chi connectivity index (χ4n) is 2.80. The zero-order valence-electron chi connectivity index (χ0n) is 13.4. The second kappa shape index (κ2) is 7.97. The smallest absolute Gasteiger partial charge is 0.128 e. The van der Waals surface area contributed by atoms with Crippen LogP contribution in [-0.4, -0.2) is 50.2 Å². The number of piperidine rings is 1. The first-order valence-corrected chi connectivity index (χ1v) is 8.22. The molecule has 0 spiro atoms. The molecule has 0 bridgehead atoms. The highest BCUT2D eigenvalue weighted by molar-refractivity contribution is 6.31. The number of anilines is 1. The molecule has 4 nitrogen and oxygen atoms in total. The average molecular weight is 311 g/mol. The van der Waals surface area contributed by atoms with Gasteiger partial charge in [0.25, 0.3) is 0 Å². The minimum Gasteiger partial charge on any atom is -0.359 e. The first kappa shape index (κ1) is 16.5. The summed E-state index contributed by atoms with van der Waals surface area (Å²) in [5.74, 6) is 1.78. The van der Waals surface area contributed by atoms with E-state index in [1.807, 2.05) is 0 Å². The van der Waals surface area contributed by atoms with Crippen molar-refractivity contribution in [3.8, 4) is 0 Å². The third kappa shape index (κ3) is 4.83. The Balaban J connectivity index is 1.96. The normalized spacial score (nSPS) is 17.1. The van der Waals surface area contributed by atoms with E-state index in [-0.39, 0.29) is 0 Å².